The highest BCUT2D eigenvalue weighted by Crippen LogP contribution is 2.32. The number of amides is 1. The monoisotopic (exact) mass is 304 g/mol. The van der Waals surface area contributed by atoms with E-state index in [1.807, 2.05) is 12.1 Å². The number of rotatable bonds is 4. The summed E-state index contributed by atoms with van der Waals surface area (Å²) in [6, 6.07) is 6.44. The molecule has 0 radical (unpaired) electrons. The van der Waals surface area contributed by atoms with E-state index in [1.165, 1.54) is 11.7 Å². The van der Waals surface area contributed by atoms with Gasteiger partial charge in [0.1, 0.15) is 5.54 Å². The number of nitrogens with zero attached hydrogens (tertiary/aromatic N) is 2. The molecule has 0 bridgehead atoms. The molecule has 2 aromatic heterocycles. The first-order chi connectivity index (χ1) is 10.6. The molecule has 1 aliphatic heterocycles. The molecule has 3 N–H and O–H groups in total. The zero-order valence-electron chi connectivity index (χ0n) is 11.4. The molecule has 1 saturated heterocycles. The van der Waals surface area contributed by atoms with E-state index >= 15 is 0 Å². The maximum Gasteiger partial charge on any atom is 0.276 e. The average Bonchev–Trinajstić information content (AvgIpc) is 2.52. The molecule has 7 nitrogen and oxygen atoms in total. The van der Waals surface area contributed by atoms with Crippen molar-refractivity contribution in [2.45, 2.75) is 5.54 Å². The van der Waals surface area contributed by atoms with Crippen LogP contribution in [0.3, 0.4) is 0 Å². The Morgan fingerprint density at radius 2 is 2.18 bits per heavy atom. The van der Waals surface area contributed by atoms with Gasteiger partial charge in [0.15, 0.2) is 11.6 Å². The van der Waals surface area contributed by atoms with E-state index in [1.54, 1.807) is 12.3 Å². The van der Waals surface area contributed by atoms with Crippen molar-refractivity contribution in [3.05, 3.63) is 53.7 Å². The number of hydrogen-bond acceptors (Lipinski definition) is 6. The molecule has 0 unspecified atom stereocenters. The van der Waals surface area contributed by atoms with E-state index in [-0.39, 0.29) is 11.4 Å². The Hall–Kier alpha value is -2.58. The van der Waals surface area contributed by atoms with Gasteiger partial charge < -0.3 is 10.1 Å². The van der Waals surface area contributed by atoms with E-state index in [4.69, 9.17) is 9.94 Å². The standard InChI is InChI=1S/C14H13FN4O3/c15-10-5-9(13(20)19-21)6-17-12(10)18-14(7-22-8-14)11-3-1-2-4-16-11/h1-6,21H,7-8H2,(H,17,18)(H,19,20). The smallest absolute Gasteiger partial charge is 0.276 e. The minimum atomic E-state index is -0.829. The third-order valence-corrected chi connectivity index (χ3v) is 3.41. The number of carbonyl (C=O) groups excluding carboxylic acids is 1. The van der Waals surface area contributed by atoms with Crippen molar-refractivity contribution in [1.82, 2.24) is 15.4 Å². The van der Waals surface area contributed by atoms with Crippen LogP contribution in [-0.4, -0.2) is 34.3 Å². The fraction of sp³-hybridized carbons (Fsp3) is 0.214. The van der Waals surface area contributed by atoms with Crippen LogP contribution in [0, 0.1) is 5.82 Å². The Morgan fingerprint density at radius 3 is 2.73 bits per heavy atom. The van der Waals surface area contributed by atoms with Crippen molar-refractivity contribution in [1.29, 1.82) is 0 Å². The van der Waals surface area contributed by atoms with Gasteiger partial charge >= 0.3 is 0 Å². The van der Waals surface area contributed by atoms with E-state index in [9.17, 15) is 9.18 Å². The highest BCUT2D eigenvalue weighted by Gasteiger charge is 2.42. The van der Waals surface area contributed by atoms with Crippen molar-refractivity contribution in [3.8, 4) is 0 Å². The number of ether oxygens (including phenoxy) is 1. The van der Waals surface area contributed by atoms with Crippen LogP contribution < -0.4 is 10.8 Å². The number of carbonyl (C=O) groups is 1. The highest BCUT2D eigenvalue weighted by atomic mass is 19.1. The summed E-state index contributed by atoms with van der Waals surface area (Å²) >= 11 is 0. The molecule has 1 amide bonds. The predicted molar refractivity (Wildman–Crippen MR) is 73.8 cm³/mol. The lowest BCUT2D eigenvalue weighted by Crippen LogP contribution is -2.53. The second-order valence-electron chi connectivity index (χ2n) is 4.91. The van der Waals surface area contributed by atoms with Crippen LogP contribution in [0.4, 0.5) is 10.2 Å². The molecule has 114 valence electrons. The lowest BCUT2D eigenvalue weighted by molar-refractivity contribution is -0.0470. The number of pyridine rings is 2. The van der Waals surface area contributed by atoms with Gasteiger partial charge in [0.05, 0.1) is 24.5 Å². The van der Waals surface area contributed by atoms with E-state index < -0.39 is 17.3 Å². The summed E-state index contributed by atoms with van der Waals surface area (Å²) in [5.74, 6) is -1.55. The van der Waals surface area contributed by atoms with Gasteiger partial charge in [-0.3, -0.25) is 15.0 Å². The van der Waals surface area contributed by atoms with Gasteiger partial charge in [-0.15, -0.1) is 0 Å². The lowest BCUT2D eigenvalue weighted by atomic mass is 9.92. The van der Waals surface area contributed by atoms with Crippen LogP contribution in [0.5, 0.6) is 0 Å². The zero-order chi connectivity index (χ0) is 15.6. The number of halogens is 1. The molecule has 0 aromatic carbocycles. The molecule has 2 aromatic rings. The van der Waals surface area contributed by atoms with E-state index in [0.29, 0.717) is 13.2 Å². The Kier molecular flexibility index (Phi) is 3.70. The maximum atomic E-state index is 14.1. The van der Waals surface area contributed by atoms with Gasteiger partial charge in [-0.25, -0.2) is 14.9 Å². The first-order valence-electron chi connectivity index (χ1n) is 6.52. The fourth-order valence-corrected chi connectivity index (χ4v) is 2.18. The lowest BCUT2D eigenvalue weighted by Gasteiger charge is -2.41. The molecule has 0 atom stereocenters. The predicted octanol–water partition coefficient (Wildman–Crippen LogP) is 1.07. The third kappa shape index (κ3) is 2.49. The Morgan fingerprint density at radius 1 is 1.36 bits per heavy atom. The van der Waals surface area contributed by atoms with E-state index in [0.717, 1.165) is 11.8 Å². The second-order valence-corrected chi connectivity index (χ2v) is 4.91. The first-order valence-corrected chi connectivity index (χ1v) is 6.52. The Labute approximate surface area is 125 Å². The van der Waals surface area contributed by atoms with Crippen LogP contribution in [0.1, 0.15) is 16.1 Å². The Bertz CT molecular complexity index is 692. The van der Waals surface area contributed by atoms with E-state index in [2.05, 4.69) is 15.3 Å². The summed E-state index contributed by atoms with van der Waals surface area (Å²) in [6.07, 6.45) is 2.82. The summed E-state index contributed by atoms with van der Waals surface area (Å²) in [4.78, 5) is 19.4. The molecule has 1 aliphatic rings. The zero-order valence-corrected chi connectivity index (χ0v) is 11.4. The Balaban J connectivity index is 1.87. The van der Waals surface area contributed by atoms with Gasteiger partial charge in [-0.1, -0.05) is 6.07 Å². The maximum absolute atomic E-state index is 14.1. The normalized spacial score (nSPS) is 15.7. The number of hydroxylamine groups is 1. The topological polar surface area (TPSA) is 96.4 Å². The molecule has 22 heavy (non-hydrogen) atoms. The van der Waals surface area contributed by atoms with Crippen LogP contribution >= 0.6 is 0 Å². The molecule has 3 rings (SSSR count). The highest BCUT2D eigenvalue weighted by molar-refractivity contribution is 5.93. The van der Waals surface area contributed by atoms with Gasteiger partial charge in [0.2, 0.25) is 0 Å². The van der Waals surface area contributed by atoms with Crippen LogP contribution in [0.2, 0.25) is 0 Å². The van der Waals surface area contributed by atoms with Crippen molar-refractivity contribution in [3.63, 3.8) is 0 Å². The second kappa shape index (κ2) is 5.66. The molecular formula is C14H13FN4O3. The largest absolute Gasteiger partial charge is 0.376 e. The van der Waals surface area contributed by atoms with Gasteiger partial charge in [0, 0.05) is 12.4 Å². The molecule has 8 heteroatoms. The van der Waals surface area contributed by atoms with Crippen LogP contribution in [0.15, 0.2) is 36.7 Å². The van der Waals surface area contributed by atoms with Gasteiger partial charge in [0.25, 0.3) is 5.91 Å². The molecule has 0 saturated carbocycles. The number of hydrogen-bond donors (Lipinski definition) is 3. The number of aromatic nitrogens is 2. The van der Waals surface area contributed by atoms with Crippen molar-refractivity contribution < 1.29 is 19.1 Å². The summed E-state index contributed by atoms with van der Waals surface area (Å²) < 4.78 is 19.3. The molecular weight excluding hydrogens is 291 g/mol. The molecule has 0 aliphatic carbocycles. The van der Waals surface area contributed by atoms with Crippen molar-refractivity contribution >= 4 is 11.7 Å². The van der Waals surface area contributed by atoms with Crippen LogP contribution in [0.25, 0.3) is 0 Å². The van der Waals surface area contributed by atoms with Crippen molar-refractivity contribution in [2.24, 2.45) is 0 Å². The molecule has 3 heterocycles. The minimum Gasteiger partial charge on any atom is -0.376 e. The summed E-state index contributed by atoms with van der Waals surface area (Å²) in [6.45, 7) is 0.675. The number of anilines is 1. The molecule has 0 spiro atoms. The third-order valence-electron chi connectivity index (χ3n) is 3.41. The SMILES string of the molecule is O=C(NO)c1cnc(NC2(c3ccccn3)COC2)c(F)c1. The fourth-order valence-electron chi connectivity index (χ4n) is 2.18. The van der Waals surface area contributed by atoms with Crippen LogP contribution in [-0.2, 0) is 10.3 Å². The quantitative estimate of drug-likeness (QED) is 0.577. The summed E-state index contributed by atoms with van der Waals surface area (Å²) in [5, 5.41) is 11.5. The van der Waals surface area contributed by atoms with Gasteiger partial charge in [-0.05, 0) is 18.2 Å². The molecule has 1 fully saturated rings. The summed E-state index contributed by atoms with van der Waals surface area (Å²) in [5.41, 5.74) is 1.43. The van der Waals surface area contributed by atoms with Crippen molar-refractivity contribution in [2.75, 3.05) is 18.5 Å². The first kappa shape index (κ1) is 14.4. The van der Waals surface area contributed by atoms with Gasteiger partial charge in [-0.2, -0.15) is 0 Å². The minimum absolute atomic E-state index is 0.0107. The summed E-state index contributed by atoms with van der Waals surface area (Å²) in [7, 11) is 0. The number of nitrogens with one attached hydrogen (secondary N) is 2. The average molecular weight is 304 g/mol.